The number of nitrogens with two attached hydrogens (primary N) is 1. The molecule has 0 radical (unpaired) electrons. The lowest BCUT2D eigenvalue weighted by atomic mass is 10.1. The van der Waals surface area contributed by atoms with Crippen molar-refractivity contribution in [2.75, 3.05) is 31.1 Å². The van der Waals surface area contributed by atoms with E-state index in [4.69, 9.17) is 10.5 Å². The van der Waals surface area contributed by atoms with Gasteiger partial charge in [0.1, 0.15) is 12.1 Å². The maximum Gasteiger partial charge on any atom is 0.135 e. The highest BCUT2D eigenvalue weighted by Gasteiger charge is 2.25. The average molecular weight is 276 g/mol. The highest BCUT2D eigenvalue weighted by Crippen LogP contribution is 2.29. The first-order valence-electron chi connectivity index (χ1n) is 7.78. The third-order valence-electron chi connectivity index (χ3n) is 4.30. The van der Waals surface area contributed by atoms with E-state index in [1.165, 1.54) is 23.5 Å². The van der Waals surface area contributed by atoms with Crippen molar-refractivity contribution in [1.82, 2.24) is 9.97 Å². The first-order chi connectivity index (χ1) is 9.88. The molecule has 2 N–H and O–H groups in total. The van der Waals surface area contributed by atoms with Crippen molar-refractivity contribution in [3.63, 3.8) is 0 Å². The maximum atomic E-state index is 5.86. The van der Waals surface area contributed by atoms with E-state index in [1.807, 2.05) is 0 Å². The summed E-state index contributed by atoms with van der Waals surface area (Å²) in [6, 6.07) is 0. The summed E-state index contributed by atoms with van der Waals surface area (Å²) in [6.45, 7) is 3.59. The summed E-state index contributed by atoms with van der Waals surface area (Å²) in [5.41, 5.74) is 8.14. The summed E-state index contributed by atoms with van der Waals surface area (Å²) in [6.07, 6.45) is 8.73. The number of piperidine rings is 1. The van der Waals surface area contributed by atoms with Crippen LogP contribution in [0.2, 0.25) is 0 Å². The van der Waals surface area contributed by atoms with Gasteiger partial charge in [0.2, 0.25) is 0 Å². The first-order valence-corrected chi connectivity index (χ1v) is 7.78. The zero-order valence-corrected chi connectivity index (χ0v) is 12.1. The van der Waals surface area contributed by atoms with Crippen LogP contribution < -0.4 is 10.6 Å². The van der Waals surface area contributed by atoms with Crippen molar-refractivity contribution >= 4 is 5.82 Å². The Morgan fingerprint density at radius 1 is 1.25 bits per heavy atom. The smallest absolute Gasteiger partial charge is 0.135 e. The van der Waals surface area contributed by atoms with Crippen LogP contribution in [0.4, 0.5) is 5.82 Å². The molecule has 0 saturated carbocycles. The maximum absolute atomic E-state index is 5.86. The standard InChI is InChI=1S/C15H24N4O/c16-7-2-10-20-12-5-8-19(9-6-12)15-13-3-1-4-14(13)17-11-18-15/h11-12H,1-10,16H2. The van der Waals surface area contributed by atoms with E-state index >= 15 is 0 Å². The van der Waals surface area contributed by atoms with Gasteiger partial charge in [-0.1, -0.05) is 0 Å². The van der Waals surface area contributed by atoms with E-state index in [0.29, 0.717) is 12.6 Å². The molecular formula is C15H24N4O. The number of aromatic nitrogens is 2. The Labute approximate surface area is 120 Å². The fraction of sp³-hybridized carbons (Fsp3) is 0.733. The van der Waals surface area contributed by atoms with E-state index in [9.17, 15) is 0 Å². The molecule has 1 aliphatic heterocycles. The summed E-state index contributed by atoms with van der Waals surface area (Å²) in [4.78, 5) is 11.3. The Balaban J connectivity index is 1.57. The molecular weight excluding hydrogens is 252 g/mol. The summed E-state index contributed by atoms with van der Waals surface area (Å²) in [5.74, 6) is 1.17. The minimum atomic E-state index is 0.396. The number of aryl methyl sites for hydroxylation is 1. The summed E-state index contributed by atoms with van der Waals surface area (Å²) in [5, 5.41) is 0. The number of ether oxygens (including phenoxy) is 1. The van der Waals surface area contributed by atoms with Gasteiger partial charge in [0.05, 0.1) is 6.10 Å². The van der Waals surface area contributed by atoms with Gasteiger partial charge >= 0.3 is 0 Å². The molecule has 1 aromatic rings. The molecule has 5 nitrogen and oxygen atoms in total. The Bertz CT molecular complexity index is 443. The van der Waals surface area contributed by atoms with Crippen LogP contribution in [-0.2, 0) is 17.6 Å². The molecule has 2 heterocycles. The predicted octanol–water partition coefficient (Wildman–Crippen LogP) is 1.30. The lowest BCUT2D eigenvalue weighted by molar-refractivity contribution is 0.0365. The van der Waals surface area contributed by atoms with Crippen molar-refractivity contribution in [3.05, 3.63) is 17.6 Å². The third-order valence-corrected chi connectivity index (χ3v) is 4.30. The second kappa shape index (κ2) is 6.50. The molecule has 5 heteroatoms. The highest BCUT2D eigenvalue weighted by atomic mass is 16.5. The van der Waals surface area contributed by atoms with Crippen LogP contribution in [0.1, 0.15) is 36.9 Å². The lowest BCUT2D eigenvalue weighted by Crippen LogP contribution is -2.38. The van der Waals surface area contributed by atoms with Crippen molar-refractivity contribution in [2.24, 2.45) is 5.73 Å². The van der Waals surface area contributed by atoms with Gasteiger partial charge in [-0.05, 0) is 45.1 Å². The molecule has 3 rings (SSSR count). The summed E-state index contributed by atoms with van der Waals surface area (Å²) >= 11 is 0. The Hall–Kier alpha value is -1.20. The van der Waals surface area contributed by atoms with Crippen LogP contribution >= 0.6 is 0 Å². The van der Waals surface area contributed by atoms with Gasteiger partial charge in [-0.25, -0.2) is 9.97 Å². The van der Waals surface area contributed by atoms with Crippen LogP contribution in [0.3, 0.4) is 0 Å². The van der Waals surface area contributed by atoms with Crippen LogP contribution in [0.5, 0.6) is 0 Å². The Morgan fingerprint density at radius 3 is 2.90 bits per heavy atom. The quantitative estimate of drug-likeness (QED) is 0.821. The molecule has 1 aliphatic carbocycles. The molecule has 20 heavy (non-hydrogen) atoms. The lowest BCUT2D eigenvalue weighted by Gasteiger charge is -2.33. The van der Waals surface area contributed by atoms with Crippen LogP contribution in [0.15, 0.2) is 6.33 Å². The largest absolute Gasteiger partial charge is 0.378 e. The second-order valence-corrected chi connectivity index (χ2v) is 5.68. The molecule has 0 spiro atoms. The van der Waals surface area contributed by atoms with Crippen LogP contribution in [-0.4, -0.2) is 42.3 Å². The number of hydrogen-bond acceptors (Lipinski definition) is 5. The Morgan fingerprint density at radius 2 is 2.10 bits per heavy atom. The molecule has 1 fully saturated rings. The van der Waals surface area contributed by atoms with Gasteiger partial charge in [0.25, 0.3) is 0 Å². The van der Waals surface area contributed by atoms with Gasteiger partial charge in [-0.15, -0.1) is 0 Å². The van der Waals surface area contributed by atoms with Gasteiger partial charge in [0.15, 0.2) is 0 Å². The highest BCUT2D eigenvalue weighted by molar-refractivity contribution is 5.50. The topological polar surface area (TPSA) is 64.3 Å². The number of fused-ring (bicyclic) bond motifs is 1. The van der Waals surface area contributed by atoms with Crippen molar-refractivity contribution in [2.45, 2.75) is 44.6 Å². The number of anilines is 1. The average Bonchev–Trinajstić information content (AvgIpc) is 2.97. The zero-order chi connectivity index (χ0) is 13.8. The molecule has 0 aromatic carbocycles. The van der Waals surface area contributed by atoms with Crippen molar-refractivity contribution in [3.8, 4) is 0 Å². The van der Waals surface area contributed by atoms with E-state index < -0.39 is 0 Å². The van der Waals surface area contributed by atoms with Gasteiger partial charge < -0.3 is 15.4 Å². The molecule has 110 valence electrons. The van der Waals surface area contributed by atoms with E-state index in [0.717, 1.165) is 51.8 Å². The normalized spacial score (nSPS) is 19.4. The Kier molecular flexibility index (Phi) is 4.47. The molecule has 1 saturated heterocycles. The molecule has 1 aromatic heterocycles. The van der Waals surface area contributed by atoms with E-state index in [2.05, 4.69) is 14.9 Å². The molecule has 2 aliphatic rings. The van der Waals surface area contributed by atoms with Gasteiger partial charge in [0, 0.05) is 31.0 Å². The predicted molar refractivity (Wildman–Crippen MR) is 78.9 cm³/mol. The van der Waals surface area contributed by atoms with Crippen LogP contribution in [0, 0.1) is 0 Å². The van der Waals surface area contributed by atoms with Gasteiger partial charge in [-0.2, -0.15) is 0 Å². The van der Waals surface area contributed by atoms with E-state index in [1.54, 1.807) is 6.33 Å². The monoisotopic (exact) mass is 276 g/mol. The van der Waals surface area contributed by atoms with Crippen molar-refractivity contribution < 1.29 is 4.74 Å². The SMILES string of the molecule is NCCCOC1CCN(c2ncnc3c2CCC3)CC1. The number of hydrogen-bond donors (Lipinski definition) is 1. The minimum absolute atomic E-state index is 0.396. The number of rotatable bonds is 5. The number of nitrogens with zero attached hydrogens (tertiary/aromatic N) is 3. The van der Waals surface area contributed by atoms with Crippen molar-refractivity contribution in [1.29, 1.82) is 0 Å². The molecule has 0 amide bonds. The third kappa shape index (κ3) is 2.94. The zero-order valence-electron chi connectivity index (χ0n) is 12.1. The first kappa shape index (κ1) is 13.8. The fourth-order valence-corrected chi connectivity index (χ4v) is 3.18. The molecule has 0 atom stereocenters. The minimum Gasteiger partial charge on any atom is -0.378 e. The molecule has 0 unspecified atom stereocenters. The molecule has 0 bridgehead atoms. The summed E-state index contributed by atoms with van der Waals surface area (Å²) < 4.78 is 5.86. The summed E-state index contributed by atoms with van der Waals surface area (Å²) in [7, 11) is 0. The second-order valence-electron chi connectivity index (χ2n) is 5.68. The fourth-order valence-electron chi connectivity index (χ4n) is 3.18. The van der Waals surface area contributed by atoms with Crippen LogP contribution in [0.25, 0.3) is 0 Å². The van der Waals surface area contributed by atoms with Gasteiger partial charge in [-0.3, -0.25) is 0 Å². The van der Waals surface area contributed by atoms with E-state index in [-0.39, 0.29) is 0 Å².